The van der Waals surface area contributed by atoms with E-state index in [4.69, 9.17) is 4.42 Å². The summed E-state index contributed by atoms with van der Waals surface area (Å²) < 4.78 is 6.79. The van der Waals surface area contributed by atoms with E-state index in [1.165, 1.54) is 6.08 Å². The van der Waals surface area contributed by atoms with Crippen molar-refractivity contribution >= 4 is 12.0 Å². The van der Waals surface area contributed by atoms with Gasteiger partial charge in [-0.3, -0.25) is 4.79 Å². The Morgan fingerprint density at radius 3 is 3.00 bits per heavy atom. The number of hydrogen-bond donors (Lipinski definition) is 1. The fourth-order valence-electron chi connectivity index (χ4n) is 1.95. The molecule has 0 radical (unpaired) electrons. The number of nitrogens with one attached hydrogen (secondary N) is 1. The lowest BCUT2D eigenvalue weighted by Gasteiger charge is -2.08. The summed E-state index contributed by atoms with van der Waals surface area (Å²) in [6, 6.07) is 9.10. The van der Waals surface area contributed by atoms with Gasteiger partial charge in [0.05, 0.1) is 6.26 Å². The Bertz CT molecular complexity index is 761. The third-order valence-electron chi connectivity index (χ3n) is 2.98. The second-order valence-corrected chi connectivity index (χ2v) is 4.50. The van der Waals surface area contributed by atoms with Gasteiger partial charge in [0, 0.05) is 36.8 Å². The number of carbonyl (C=O) groups excluding carboxylic acids is 1. The minimum Gasteiger partial charge on any atom is -0.465 e. The van der Waals surface area contributed by atoms with E-state index < -0.39 is 0 Å². The largest absolute Gasteiger partial charge is 0.465 e. The van der Waals surface area contributed by atoms with Crippen LogP contribution in [-0.2, 0) is 11.3 Å². The molecule has 0 aromatic carbocycles. The van der Waals surface area contributed by atoms with E-state index in [2.05, 4.69) is 15.4 Å². The zero-order valence-corrected chi connectivity index (χ0v) is 11.7. The van der Waals surface area contributed by atoms with Crippen LogP contribution in [-0.4, -0.2) is 20.7 Å². The number of aromatic nitrogens is 3. The van der Waals surface area contributed by atoms with Gasteiger partial charge in [0.25, 0.3) is 0 Å². The van der Waals surface area contributed by atoms with Gasteiger partial charge in [-0.15, -0.1) is 0 Å². The number of nitrogens with zero attached hydrogens (tertiary/aromatic N) is 3. The number of hydrogen-bond acceptors (Lipinski definition) is 4. The van der Waals surface area contributed by atoms with E-state index in [-0.39, 0.29) is 5.91 Å². The van der Waals surface area contributed by atoms with E-state index in [1.54, 1.807) is 41.5 Å². The van der Waals surface area contributed by atoms with Gasteiger partial charge in [-0.05, 0) is 30.3 Å². The van der Waals surface area contributed by atoms with Crippen LogP contribution >= 0.6 is 0 Å². The number of amides is 1. The molecule has 1 N–H and O–H groups in total. The summed E-state index contributed by atoms with van der Waals surface area (Å²) in [6.45, 7) is 0.365. The van der Waals surface area contributed by atoms with Crippen LogP contribution in [0.15, 0.2) is 65.7 Å². The highest BCUT2D eigenvalue weighted by Gasteiger charge is 2.06. The number of furan rings is 1. The molecule has 22 heavy (non-hydrogen) atoms. The average molecular weight is 294 g/mol. The lowest BCUT2D eigenvalue weighted by molar-refractivity contribution is -0.116. The highest BCUT2D eigenvalue weighted by Crippen LogP contribution is 2.09. The predicted molar refractivity (Wildman–Crippen MR) is 80.9 cm³/mol. The fourth-order valence-corrected chi connectivity index (χ4v) is 1.95. The number of carbonyl (C=O) groups is 1. The van der Waals surface area contributed by atoms with Gasteiger partial charge >= 0.3 is 0 Å². The summed E-state index contributed by atoms with van der Waals surface area (Å²) in [6.07, 6.45) is 9.80. The van der Waals surface area contributed by atoms with Crippen LogP contribution < -0.4 is 5.32 Å². The molecule has 0 fully saturated rings. The SMILES string of the molecule is O=C(/C=C/c1ccco1)NCc1cccnc1-n1cccn1. The molecule has 3 aromatic rings. The maximum Gasteiger partial charge on any atom is 0.244 e. The summed E-state index contributed by atoms with van der Waals surface area (Å²) >= 11 is 0. The topological polar surface area (TPSA) is 73.0 Å². The van der Waals surface area contributed by atoms with Crippen LogP contribution in [0.1, 0.15) is 11.3 Å². The van der Waals surface area contributed by atoms with Crippen molar-refractivity contribution in [3.05, 3.63) is 72.6 Å². The summed E-state index contributed by atoms with van der Waals surface area (Å²) in [4.78, 5) is 16.1. The molecule has 0 saturated carbocycles. The highest BCUT2D eigenvalue weighted by atomic mass is 16.3. The Balaban J connectivity index is 1.66. The van der Waals surface area contributed by atoms with Crippen molar-refractivity contribution in [3.8, 4) is 5.82 Å². The molecule has 0 aliphatic carbocycles. The number of pyridine rings is 1. The Morgan fingerprint density at radius 2 is 2.23 bits per heavy atom. The van der Waals surface area contributed by atoms with Crippen LogP contribution in [0.25, 0.3) is 11.9 Å². The lowest BCUT2D eigenvalue weighted by Crippen LogP contribution is -2.21. The smallest absolute Gasteiger partial charge is 0.244 e. The van der Waals surface area contributed by atoms with Gasteiger partial charge in [-0.1, -0.05) is 6.07 Å². The lowest BCUT2D eigenvalue weighted by atomic mass is 10.2. The summed E-state index contributed by atoms with van der Waals surface area (Å²) in [5.74, 6) is 1.13. The van der Waals surface area contributed by atoms with Crippen LogP contribution in [0.5, 0.6) is 0 Å². The monoisotopic (exact) mass is 294 g/mol. The molecule has 6 nitrogen and oxygen atoms in total. The molecule has 3 heterocycles. The van der Waals surface area contributed by atoms with Crippen molar-refractivity contribution in [2.75, 3.05) is 0 Å². The molecular weight excluding hydrogens is 280 g/mol. The van der Waals surface area contributed by atoms with Gasteiger partial charge in [-0.2, -0.15) is 5.10 Å². The first kappa shape index (κ1) is 13.8. The van der Waals surface area contributed by atoms with E-state index in [9.17, 15) is 4.79 Å². The summed E-state index contributed by atoms with van der Waals surface area (Å²) in [5, 5.41) is 6.97. The second kappa shape index (κ2) is 6.53. The molecule has 0 unspecified atom stereocenters. The average Bonchev–Trinajstić information content (AvgIpc) is 3.24. The molecule has 0 aliphatic heterocycles. The second-order valence-electron chi connectivity index (χ2n) is 4.50. The predicted octanol–water partition coefficient (Wildman–Crippen LogP) is 2.19. The van der Waals surface area contributed by atoms with Crippen molar-refractivity contribution < 1.29 is 9.21 Å². The van der Waals surface area contributed by atoms with Gasteiger partial charge in [0.1, 0.15) is 5.76 Å². The molecule has 0 aliphatic rings. The van der Waals surface area contributed by atoms with Crippen LogP contribution in [0.3, 0.4) is 0 Å². The number of rotatable bonds is 5. The molecule has 0 spiro atoms. The van der Waals surface area contributed by atoms with E-state index in [0.717, 1.165) is 5.56 Å². The van der Waals surface area contributed by atoms with Crippen molar-refractivity contribution in [2.45, 2.75) is 6.54 Å². The van der Waals surface area contributed by atoms with Gasteiger partial charge < -0.3 is 9.73 Å². The molecule has 0 saturated heterocycles. The zero-order valence-electron chi connectivity index (χ0n) is 11.7. The Kier molecular flexibility index (Phi) is 4.10. The first-order valence-corrected chi connectivity index (χ1v) is 6.76. The zero-order chi connectivity index (χ0) is 15.2. The first-order chi connectivity index (χ1) is 10.8. The molecule has 3 rings (SSSR count). The molecule has 110 valence electrons. The van der Waals surface area contributed by atoms with Crippen LogP contribution in [0.4, 0.5) is 0 Å². The molecule has 3 aromatic heterocycles. The van der Waals surface area contributed by atoms with Crippen LogP contribution in [0, 0.1) is 0 Å². The molecule has 0 bridgehead atoms. The van der Waals surface area contributed by atoms with E-state index in [0.29, 0.717) is 18.1 Å². The van der Waals surface area contributed by atoms with E-state index >= 15 is 0 Å². The summed E-state index contributed by atoms with van der Waals surface area (Å²) in [5.41, 5.74) is 0.881. The van der Waals surface area contributed by atoms with Crippen molar-refractivity contribution in [1.82, 2.24) is 20.1 Å². The van der Waals surface area contributed by atoms with Gasteiger partial charge in [-0.25, -0.2) is 9.67 Å². The maximum atomic E-state index is 11.8. The molecule has 0 atom stereocenters. The third-order valence-corrected chi connectivity index (χ3v) is 2.98. The third kappa shape index (κ3) is 3.29. The molecular formula is C16H14N4O2. The highest BCUT2D eigenvalue weighted by molar-refractivity contribution is 5.91. The standard InChI is InChI=1S/C16H14N4O2/c21-15(7-6-14-5-2-11-22-14)18-12-13-4-1-8-17-16(13)20-10-3-9-19-20/h1-11H,12H2,(H,18,21)/b7-6+. The Labute approximate surface area is 127 Å². The summed E-state index contributed by atoms with van der Waals surface area (Å²) in [7, 11) is 0. The van der Waals surface area contributed by atoms with Crippen molar-refractivity contribution in [2.24, 2.45) is 0 Å². The minimum absolute atomic E-state index is 0.202. The minimum atomic E-state index is -0.202. The first-order valence-electron chi connectivity index (χ1n) is 6.76. The van der Waals surface area contributed by atoms with Crippen molar-refractivity contribution in [1.29, 1.82) is 0 Å². The normalized spacial score (nSPS) is 10.9. The fraction of sp³-hybridized carbons (Fsp3) is 0.0625. The Hall–Kier alpha value is -3.15. The van der Waals surface area contributed by atoms with Gasteiger partial charge in [0.15, 0.2) is 5.82 Å². The Morgan fingerprint density at radius 1 is 1.27 bits per heavy atom. The maximum absolute atomic E-state index is 11.8. The van der Waals surface area contributed by atoms with E-state index in [1.807, 2.05) is 24.4 Å². The van der Waals surface area contributed by atoms with Crippen LogP contribution in [0.2, 0.25) is 0 Å². The molecule has 1 amide bonds. The van der Waals surface area contributed by atoms with Gasteiger partial charge in [0.2, 0.25) is 5.91 Å². The quantitative estimate of drug-likeness (QED) is 0.732. The van der Waals surface area contributed by atoms with Crippen molar-refractivity contribution in [3.63, 3.8) is 0 Å². The molecule has 6 heteroatoms.